The molecule has 1 amide bonds. The number of hydrogen-bond donors (Lipinski definition) is 0. The molecule has 1 fully saturated rings. The predicted molar refractivity (Wildman–Crippen MR) is 109 cm³/mol. The van der Waals surface area contributed by atoms with Crippen LogP contribution in [-0.4, -0.2) is 38.5 Å². The lowest BCUT2D eigenvalue weighted by molar-refractivity contribution is -0.131. The number of piperidine rings is 1. The van der Waals surface area contributed by atoms with Gasteiger partial charge >= 0.3 is 0 Å². The maximum atomic E-state index is 13.1. The summed E-state index contributed by atoms with van der Waals surface area (Å²) in [7, 11) is 0. The van der Waals surface area contributed by atoms with Crippen molar-refractivity contribution in [3.8, 4) is 0 Å². The number of aromatic nitrogens is 3. The van der Waals surface area contributed by atoms with E-state index in [0.29, 0.717) is 13.0 Å². The van der Waals surface area contributed by atoms with Crippen LogP contribution < -0.4 is 0 Å². The Kier molecular flexibility index (Phi) is 4.28. The summed E-state index contributed by atoms with van der Waals surface area (Å²) in [5.41, 5.74) is 1.95. The van der Waals surface area contributed by atoms with Crippen LogP contribution in [0.3, 0.4) is 0 Å². The molecule has 140 valence electrons. The minimum absolute atomic E-state index is 0.190. The number of pyridine rings is 1. The molecule has 3 heterocycles. The van der Waals surface area contributed by atoms with Crippen LogP contribution in [0, 0.1) is 0 Å². The van der Waals surface area contributed by atoms with Gasteiger partial charge in [-0.15, -0.1) is 10.2 Å². The summed E-state index contributed by atoms with van der Waals surface area (Å²) in [6.07, 6.45) is 4.47. The van der Waals surface area contributed by atoms with Crippen molar-refractivity contribution in [1.29, 1.82) is 0 Å². The van der Waals surface area contributed by atoms with Gasteiger partial charge in [-0.2, -0.15) is 0 Å². The van der Waals surface area contributed by atoms with Gasteiger partial charge in [-0.3, -0.25) is 9.20 Å². The van der Waals surface area contributed by atoms with Gasteiger partial charge in [0.25, 0.3) is 0 Å². The van der Waals surface area contributed by atoms with Crippen LogP contribution in [0.5, 0.6) is 0 Å². The van der Waals surface area contributed by atoms with Crippen LogP contribution in [0.15, 0.2) is 66.9 Å². The first kappa shape index (κ1) is 16.9. The fourth-order valence-corrected chi connectivity index (χ4v) is 4.27. The smallest absolute Gasteiger partial charge is 0.227 e. The van der Waals surface area contributed by atoms with Crippen molar-refractivity contribution >= 4 is 22.3 Å². The van der Waals surface area contributed by atoms with E-state index in [1.807, 2.05) is 51.9 Å². The van der Waals surface area contributed by atoms with Crippen molar-refractivity contribution < 1.29 is 4.79 Å². The van der Waals surface area contributed by atoms with Crippen molar-refractivity contribution in [2.45, 2.75) is 25.2 Å². The second kappa shape index (κ2) is 7.08. The molecule has 1 atom stereocenters. The summed E-state index contributed by atoms with van der Waals surface area (Å²) < 4.78 is 2.04. The summed E-state index contributed by atoms with van der Waals surface area (Å²) in [5, 5.41) is 11.0. The third-order valence-corrected chi connectivity index (χ3v) is 5.70. The Balaban J connectivity index is 1.37. The second-order valence-electron chi connectivity index (χ2n) is 7.48. The van der Waals surface area contributed by atoms with Crippen molar-refractivity contribution in [2.75, 3.05) is 13.1 Å². The topological polar surface area (TPSA) is 50.5 Å². The average Bonchev–Trinajstić information content (AvgIpc) is 3.18. The number of amides is 1. The van der Waals surface area contributed by atoms with Crippen LogP contribution in [0.4, 0.5) is 0 Å². The zero-order valence-corrected chi connectivity index (χ0v) is 15.7. The summed E-state index contributed by atoms with van der Waals surface area (Å²) in [6, 6.07) is 20.4. The van der Waals surface area contributed by atoms with Crippen molar-refractivity contribution in [1.82, 2.24) is 19.5 Å². The first-order valence-corrected chi connectivity index (χ1v) is 9.84. The fraction of sp³-hybridized carbons (Fsp3) is 0.261. The second-order valence-corrected chi connectivity index (χ2v) is 7.48. The number of nitrogens with zero attached hydrogens (tertiary/aromatic N) is 4. The van der Waals surface area contributed by atoms with E-state index in [9.17, 15) is 4.79 Å². The van der Waals surface area contributed by atoms with E-state index in [1.54, 1.807) is 0 Å². The number of rotatable bonds is 3. The monoisotopic (exact) mass is 370 g/mol. The summed E-state index contributed by atoms with van der Waals surface area (Å²) in [6.45, 7) is 1.52. The molecule has 5 heteroatoms. The highest BCUT2D eigenvalue weighted by atomic mass is 16.2. The molecule has 0 N–H and O–H groups in total. The zero-order chi connectivity index (χ0) is 18.9. The third-order valence-electron chi connectivity index (χ3n) is 5.70. The number of fused-ring (bicyclic) bond motifs is 2. The largest absolute Gasteiger partial charge is 0.342 e. The van der Waals surface area contributed by atoms with E-state index in [2.05, 4.69) is 34.5 Å². The molecule has 5 nitrogen and oxygen atoms in total. The van der Waals surface area contributed by atoms with E-state index in [1.165, 1.54) is 5.39 Å². The molecule has 2 aromatic heterocycles. The Morgan fingerprint density at radius 3 is 2.82 bits per heavy atom. The summed E-state index contributed by atoms with van der Waals surface area (Å²) in [4.78, 5) is 15.1. The van der Waals surface area contributed by atoms with Gasteiger partial charge in [0.1, 0.15) is 5.82 Å². The van der Waals surface area contributed by atoms with Crippen molar-refractivity contribution in [3.05, 3.63) is 78.2 Å². The maximum absolute atomic E-state index is 13.1. The molecular weight excluding hydrogens is 348 g/mol. The minimum atomic E-state index is 0.190. The quantitative estimate of drug-likeness (QED) is 0.551. The van der Waals surface area contributed by atoms with Gasteiger partial charge < -0.3 is 4.90 Å². The van der Waals surface area contributed by atoms with Crippen LogP contribution in [0.25, 0.3) is 16.4 Å². The van der Waals surface area contributed by atoms with E-state index < -0.39 is 0 Å². The molecule has 0 unspecified atom stereocenters. The first-order valence-electron chi connectivity index (χ1n) is 9.84. The number of hydrogen-bond acceptors (Lipinski definition) is 3. The van der Waals surface area contributed by atoms with Crippen molar-refractivity contribution in [3.63, 3.8) is 0 Å². The van der Waals surface area contributed by atoms with Gasteiger partial charge in [0.15, 0.2) is 5.65 Å². The van der Waals surface area contributed by atoms with E-state index >= 15 is 0 Å². The molecule has 0 saturated carbocycles. The van der Waals surface area contributed by atoms with Crippen LogP contribution in [0.2, 0.25) is 0 Å². The number of carbonyl (C=O) groups excluding carboxylic acids is 1. The molecule has 1 aliphatic heterocycles. The summed E-state index contributed by atoms with van der Waals surface area (Å²) in [5.74, 6) is 1.37. The Labute approximate surface area is 163 Å². The standard InChI is InChI=1S/C23H22N4O/c28-22(15-18-9-5-8-17-7-1-2-11-20(17)18)26-13-6-10-19(16-26)23-25-24-21-12-3-4-14-27(21)23/h1-5,7-9,11-12,14,19H,6,10,13,15-16H2/t19-/m1/s1. The molecule has 2 aromatic carbocycles. The van der Waals surface area contributed by atoms with Gasteiger partial charge in [0.05, 0.1) is 6.42 Å². The highest BCUT2D eigenvalue weighted by molar-refractivity contribution is 5.90. The molecule has 28 heavy (non-hydrogen) atoms. The van der Waals surface area contributed by atoms with Crippen LogP contribution in [0.1, 0.15) is 30.1 Å². The fourth-order valence-electron chi connectivity index (χ4n) is 4.27. The Hall–Kier alpha value is -3.21. The lowest BCUT2D eigenvalue weighted by Crippen LogP contribution is -2.40. The SMILES string of the molecule is O=C(Cc1cccc2ccccc12)N1CCC[C@@H](c2nnc3ccccn23)C1. The van der Waals surface area contributed by atoms with Gasteiger partial charge in [-0.25, -0.2) is 0 Å². The minimum Gasteiger partial charge on any atom is -0.342 e. The van der Waals surface area contributed by atoms with Crippen LogP contribution in [-0.2, 0) is 11.2 Å². The first-order chi connectivity index (χ1) is 13.8. The predicted octanol–water partition coefficient (Wildman–Crippen LogP) is 3.83. The molecule has 0 bridgehead atoms. The maximum Gasteiger partial charge on any atom is 0.227 e. The van der Waals surface area contributed by atoms with Crippen molar-refractivity contribution in [2.24, 2.45) is 0 Å². The third kappa shape index (κ3) is 3.03. The zero-order valence-electron chi connectivity index (χ0n) is 15.7. The Morgan fingerprint density at radius 1 is 1.00 bits per heavy atom. The molecule has 1 aliphatic rings. The highest BCUT2D eigenvalue weighted by Gasteiger charge is 2.28. The Bertz CT molecular complexity index is 1140. The molecular formula is C23H22N4O. The number of benzene rings is 2. The lowest BCUT2D eigenvalue weighted by atomic mass is 9.96. The van der Waals surface area contributed by atoms with Crippen LogP contribution >= 0.6 is 0 Å². The molecule has 0 spiro atoms. The van der Waals surface area contributed by atoms with Gasteiger partial charge in [0.2, 0.25) is 5.91 Å². The van der Waals surface area contributed by atoms with E-state index in [-0.39, 0.29) is 11.8 Å². The van der Waals surface area contributed by atoms with E-state index in [4.69, 9.17) is 0 Å². The number of carbonyl (C=O) groups is 1. The number of likely N-dealkylation sites (tertiary alicyclic amines) is 1. The highest BCUT2D eigenvalue weighted by Crippen LogP contribution is 2.27. The Morgan fingerprint density at radius 2 is 1.86 bits per heavy atom. The molecule has 0 aliphatic carbocycles. The molecule has 5 rings (SSSR count). The average molecular weight is 370 g/mol. The molecule has 1 saturated heterocycles. The molecule has 4 aromatic rings. The van der Waals surface area contributed by atoms with Gasteiger partial charge in [0, 0.05) is 25.2 Å². The van der Waals surface area contributed by atoms with E-state index in [0.717, 1.165) is 41.8 Å². The molecule has 0 radical (unpaired) electrons. The normalized spacial score (nSPS) is 17.3. The van der Waals surface area contributed by atoms with Gasteiger partial charge in [-0.1, -0.05) is 48.5 Å². The lowest BCUT2D eigenvalue weighted by Gasteiger charge is -2.32. The summed E-state index contributed by atoms with van der Waals surface area (Å²) >= 11 is 0. The van der Waals surface area contributed by atoms with Gasteiger partial charge in [-0.05, 0) is 41.3 Å².